The van der Waals surface area contributed by atoms with Crippen LogP contribution in [0.2, 0.25) is 0 Å². The van der Waals surface area contributed by atoms with Gasteiger partial charge in [-0.1, -0.05) is 6.07 Å². The second-order valence-electron chi connectivity index (χ2n) is 12.5. The number of fused-ring (bicyclic) bond motifs is 1. The quantitative estimate of drug-likeness (QED) is 0.0561. The molecule has 2 aliphatic heterocycles. The van der Waals surface area contributed by atoms with Crippen LogP contribution in [0.5, 0.6) is 34.5 Å². The van der Waals surface area contributed by atoms with Gasteiger partial charge in [0.25, 0.3) is 0 Å². The van der Waals surface area contributed by atoms with Crippen LogP contribution in [0.4, 0.5) is 0 Å². The Morgan fingerprint density at radius 1 is 0.926 bits per heavy atom. The fourth-order valence-corrected chi connectivity index (χ4v) is 5.82. The first kappa shape index (κ1) is 38.3. The molecule has 0 unspecified atom stereocenters. The number of aliphatic hydroxyl groups excluding tert-OH is 4. The Balaban J connectivity index is 1.18. The molecule has 2 aliphatic rings. The van der Waals surface area contributed by atoms with Gasteiger partial charge in [-0.15, -0.1) is 0 Å². The number of aromatic hydroxyl groups is 4. The smallest absolute Gasteiger partial charge is 0.330 e. The van der Waals surface area contributed by atoms with Crippen molar-refractivity contribution in [3.63, 3.8) is 0 Å². The highest BCUT2D eigenvalue weighted by Gasteiger charge is 2.54. The van der Waals surface area contributed by atoms with Crippen LogP contribution in [-0.4, -0.2) is 128 Å². The molecule has 3 heterocycles. The molecule has 0 saturated carbocycles. The highest BCUT2D eigenvalue weighted by molar-refractivity contribution is 5.87. The van der Waals surface area contributed by atoms with Crippen LogP contribution in [-0.2, 0) is 23.7 Å². The van der Waals surface area contributed by atoms with E-state index in [0.29, 0.717) is 5.56 Å². The number of carbonyl (C=O) groups is 1. The number of carbonyl (C=O) groups excluding carboxylic acids is 1. The molecule has 18 heteroatoms. The van der Waals surface area contributed by atoms with Crippen LogP contribution in [0.15, 0.2) is 69.9 Å². The zero-order valence-electron chi connectivity index (χ0n) is 28.2. The molecule has 2 saturated heterocycles. The zero-order valence-corrected chi connectivity index (χ0v) is 28.2. The van der Waals surface area contributed by atoms with Crippen LogP contribution in [0.1, 0.15) is 5.56 Å². The van der Waals surface area contributed by atoms with Gasteiger partial charge in [-0.05, 0) is 42.0 Å². The molecule has 3 aromatic carbocycles. The molecule has 2 fully saturated rings. The van der Waals surface area contributed by atoms with Crippen LogP contribution in [0.25, 0.3) is 28.4 Å². The van der Waals surface area contributed by atoms with Crippen LogP contribution in [0, 0.1) is 0 Å². The Morgan fingerprint density at radius 2 is 1.69 bits per heavy atom. The predicted octanol–water partition coefficient (Wildman–Crippen LogP) is 0.199. The molecule has 9 N–H and O–H groups in total. The summed E-state index contributed by atoms with van der Waals surface area (Å²) in [6, 6.07) is 11.3. The number of hydrogen-bond acceptors (Lipinski definition) is 18. The SMILES string of the molecule is COc1cc(/C=C/C(=O)OC[C@@]2(O)CO[C@@H](O[C@H]3[C@H](Oc4cc(O)c5c(=O)cc(-c6ccc(O)c(O)c6)oc5c4)O[C@H](CO)[C@@H](O)[C@@H]3O)[C@@H]2O)ccc1O. The van der Waals surface area contributed by atoms with E-state index >= 15 is 0 Å². The predicted molar refractivity (Wildman–Crippen MR) is 182 cm³/mol. The molecule has 0 bridgehead atoms. The number of methoxy groups -OCH3 is 1. The van der Waals surface area contributed by atoms with E-state index < -0.39 is 97.2 Å². The van der Waals surface area contributed by atoms with Gasteiger partial charge < -0.3 is 78.8 Å². The molecule has 288 valence electrons. The summed E-state index contributed by atoms with van der Waals surface area (Å²) in [6.45, 7) is -2.16. The van der Waals surface area contributed by atoms with Gasteiger partial charge in [0.2, 0.25) is 6.29 Å². The first-order valence-electron chi connectivity index (χ1n) is 16.2. The average Bonchev–Trinajstić information content (AvgIpc) is 3.42. The van der Waals surface area contributed by atoms with Crippen molar-refractivity contribution >= 4 is 23.0 Å². The van der Waals surface area contributed by atoms with Crippen molar-refractivity contribution in [2.24, 2.45) is 0 Å². The normalized spacial score (nSPS) is 27.0. The van der Waals surface area contributed by atoms with E-state index in [1.54, 1.807) is 0 Å². The molecular formula is C36H36O18. The average molecular weight is 757 g/mol. The third kappa shape index (κ3) is 7.77. The maximum absolute atomic E-state index is 12.9. The van der Waals surface area contributed by atoms with Crippen LogP contribution in [0.3, 0.4) is 0 Å². The Morgan fingerprint density at radius 3 is 2.41 bits per heavy atom. The number of aliphatic hydroxyl groups is 5. The van der Waals surface area contributed by atoms with Gasteiger partial charge in [0.05, 0.1) is 20.3 Å². The largest absolute Gasteiger partial charge is 0.507 e. The summed E-state index contributed by atoms with van der Waals surface area (Å²) in [5.74, 6) is -2.58. The van der Waals surface area contributed by atoms with Crippen molar-refractivity contribution in [2.75, 3.05) is 26.9 Å². The van der Waals surface area contributed by atoms with E-state index in [1.807, 2.05) is 0 Å². The fraction of sp³-hybridized carbons (Fsp3) is 0.333. The Labute approximate surface area is 304 Å². The number of rotatable bonds is 11. The monoisotopic (exact) mass is 756 g/mol. The standard InChI is InChI=1S/C36H36O18/c1-48-25-8-16(2-5-20(25)39)3-7-28(43)49-14-36(47)15-50-35(33(36)46)54-32-31(45)30(44)27(13-37)53-34(32)51-18-10-22(41)29-23(42)12-24(52-26(29)11-18)17-4-6-19(38)21(40)9-17/h2-12,27,30-35,37-41,44-47H,13-15H2,1H3/b7-3+/t27-,30-,31+,32-,33+,34-,35+,36-/m1/s1. The lowest BCUT2D eigenvalue weighted by Gasteiger charge is -2.42. The summed E-state index contributed by atoms with van der Waals surface area (Å²) in [7, 11) is 1.36. The van der Waals surface area contributed by atoms with E-state index in [0.717, 1.165) is 24.3 Å². The molecule has 4 aromatic rings. The van der Waals surface area contributed by atoms with Crippen molar-refractivity contribution in [3.05, 3.63) is 76.5 Å². The van der Waals surface area contributed by atoms with Crippen molar-refractivity contribution in [1.82, 2.24) is 0 Å². The first-order chi connectivity index (χ1) is 25.7. The Kier molecular flexibility index (Phi) is 11.0. The number of esters is 1. The van der Waals surface area contributed by atoms with E-state index in [9.17, 15) is 55.5 Å². The topological polar surface area (TPSA) is 285 Å². The molecule has 54 heavy (non-hydrogen) atoms. The highest BCUT2D eigenvalue weighted by atomic mass is 16.8. The second kappa shape index (κ2) is 15.5. The second-order valence-corrected chi connectivity index (χ2v) is 12.5. The maximum Gasteiger partial charge on any atom is 0.330 e. The third-order valence-corrected chi connectivity index (χ3v) is 8.80. The van der Waals surface area contributed by atoms with Crippen LogP contribution < -0.4 is 14.9 Å². The molecule has 1 aromatic heterocycles. The minimum atomic E-state index is -2.20. The van der Waals surface area contributed by atoms with E-state index in [1.165, 1.54) is 49.6 Å². The van der Waals surface area contributed by atoms with Crippen molar-refractivity contribution in [1.29, 1.82) is 0 Å². The number of ether oxygens (including phenoxy) is 6. The van der Waals surface area contributed by atoms with Crippen molar-refractivity contribution in [3.8, 4) is 45.8 Å². The van der Waals surface area contributed by atoms with Gasteiger partial charge in [0.1, 0.15) is 59.3 Å². The summed E-state index contributed by atoms with van der Waals surface area (Å²) >= 11 is 0. The molecular weight excluding hydrogens is 720 g/mol. The summed E-state index contributed by atoms with van der Waals surface area (Å²) < 4.78 is 38.7. The first-order valence-corrected chi connectivity index (χ1v) is 16.2. The third-order valence-electron chi connectivity index (χ3n) is 8.80. The molecule has 8 atom stereocenters. The van der Waals surface area contributed by atoms with Gasteiger partial charge in [-0.2, -0.15) is 0 Å². The lowest BCUT2D eigenvalue weighted by Crippen LogP contribution is -2.62. The molecule has 0 aliphatic carbocycles. The van der Waals surface area contributed by atoms with E-state index in [2.05, 4.69) is 0 Å². The summed E-state index contributed by atoms with van der Waals surface area (Å²) in [4.78, 5) is 25.3. The molecule has 0 amide bonds. The number of phenols is 4. The fourth-order valence-electron chi connectivity index (χ4n) is 5.82. The van der Waals surface area contributed by atoms with Gasteiger partial charge in [0, 0.05) is 29.8 Å². The Bertz CT molecular complexity index is 2100. The molecule has 0 radical (unpaired) electrons. The molecule has 18 nitrogen and oxygen atoms in total. The van der Waals surface area contributed by atoms with Gasteiger partial charge in [0.15, 0.2) is 46.4 Å². The number of hydrogen-bond donors (Lipinski definition) is 9. The highest BCUT2D eigenvalue weighted by Crippen LogP contribution is 2.37. The molecule has 6 rings (SSSR count). The number of benzene rings is 3. The number of phenolic OH excluding ortho intramolecular Hbond substituents is 4. The lowest BCUT2D eigenvalue weighted by molar-refractivity contribution is -0.318. The van der Waals surface area contributed by atoms with Gasteiger partial charge in [-0.3, -0.25) is 4.79 Å². The Hall–Kier alpha value is -5.44. The maximum atomic E-state index is 12.9. The zero-order chi connectivity index (χ0) is 38.9. The van der Waals surface area contributed by atoms with E-state index in [4.69, 9.17) is 32.8 Å². The van der Waals surface area contributed by atoms with E-state index in [-0.39, 0.29) is 39.5 Å². The summed E-state index contributed by atoms with van der Waals surface area (Å²) in [6.07, 6.45) is -9.62. The van der Waals surface area contributed by atoms with Crippen LogP contribution >= 0.6 is 0 Å². The summed E-state index contributed by atoms with van der Waals surface area (Å²) in [5, 5.41) is 93.3. The lowest BCUT2D eigenvalue weighted by atomic mass is 9.98. The molecule has 0 spiro atoms. The van der Waals surface area contributed by atoms with Gasteiger partial charge >= 0.3 is 5.97 Å². The minimum Gasteiger partial charge on any atom is -0.507 e. The van der Waals surface area contributed by atoms with Crippen molar-refractivity contribution < 1.29 is 83.6 Å². The van der Waals surface area contributed by atoms with Crippen molar-refractivity contribution in [2.45, 2.75) is 48.7 Å². The summed E-state index contributed by atoms with van der Waals surface area (Å²) in [5.41, 5.74) is -2.38. The van der Waals surface area contributed by atoms with Gasteiger partial charge in [-0.25, -0.2) is 4.79 Å². The minimum absolute atomic E-state index is 0.0482.